The monoisotopic (exact) mass is 461 g/mol. The maximum absolute atomic E-state index is 12.1. The number of aliphatic hydroxyl groups excluding tert-OH is 1. The van der Waals surface area contributed by atoms with Crippen LogP contribution in [0.1, 0.15) is 43.8 Å². The van der Waals surface area contributed by atoms with E-state index in [1.54, 1.807) is 4.90 Å². The van der Waals surface area contributed by atoms with Gasteiger partial charge in [-0.1, -0.05) is 6.07 Å². The van der Waals surface area contributed by atoms with E-state index in [4.69, 9.17) is 5.26 Å². The number of hydrazine groups is 1. The van der Waals surface area contributed by atoms with E-state index in [1.807, 2.05) is 23.6 Å². The molecule has 1 aliphatic carbocycles. The van der Waals surface area contributed by atoms with Gasteiger partial charge in [-0.2, -0.15) is 5.26 Å². The summed E-state index contributed by atoms with van der Waals surface area (Å²) in [6.07, 6.45) is 9.09. The van der Waals surface area contributed by atoms with E-state index in [9.17, 15) is 9.90 Å². The predicted molar refractivity (Wildman–Crippen MR) is 131 cm³/mol. The third-order valence-electron chi connectivity index (χ3n) is 7.01. The predicted octanol–water partition coefficient (Wildman–Crippen LogP) is 2.44. The maximum Gasteiger partial charge on any atom is 0.236 e. The number of piperazine rings is 1. The number of aromatic amines is 1. The van der Waals surface area contributed by atoms with Gasteiger partial charge in [0.25, 0.3) is 0 Å². The van der Waals surface area contributed by atoms with E-state index >= 15 is 0 Å². The van der Waals surface area contributed by atoms with Crippen molar-refractivity contribution in [2.45, 2.75) is 50.3 Å². The van der Waals surface area contributed by atoms with Crippen LogP contribution in [0, 0.1) is 11.3 Å². The van der Waals surface area contributed by atoms with Crippen molar-refractivity contribution in [1.29, 1.82) is 5.26 Å². The van der Waals surface area contributed by atoms with Gasteiger partial charge < -0.3 is 19.9 Å². The molecule has 1 aromatic heterocycles. The van der Waals surface area contributed by atoms with Gasteiger partial charge in [0, 0.05) is 60.7 Å². The summed E-state index contributed by atoms with van der Waals surface area (Å²) in [5.41, 5.74) is 6.85. The van der Waals surface area contributed by atoms with E-state index < -0.39 is 0 Å². The Bertz CT molecular complexity index is 1130. The number of anilines is 1. The maximum atomic E-state index is 12.1. The standard InChI is InChI=1S/C25H31N7O2/c26-9-7-25(34)31-13-11-30(12-14-31)23-6-2-5-21-20(23)16-22(28-21)24-8-10-27-17-32(24)29-18-3-1-4-19(33)15-18/h2,5-6,8,10,16-19,24,28-29,33H,1,3-4,7,11-15H2/t18-,19+,24?/m0/s1. The van der Waals surface area contributed by atoms with E-state index in [1.165, 1.54) is 0 Å². The number of benzene rings is 1. The minimum atomic E-state index is -0.242. The molecule has 1 amide bonds. The fourth-order valence-corrected chi connectivity index (χ4v) is 5.24. The molecule has 0 radical (unpaired) electrons. The van der Waals surface area contributed by atoms with Crippen LogP contribution in [0.4, 0.5) is 5.69 Å². The lowest BCUT2D eigenvalue weighted by Gasteiger charge is -2.36. The molecule has 2 aromatic rings. The molecule has 1 aromatic carbocycles. The zero-order valence-corrected chi connectivity index (χ0v) is 19.2. The largest absolute Gasteiger partial charge is 0.393 e. The minimum absolute atomic E-state index is 0.0303. The minimum Gasteiger partial charge on any atom is -0.393 e. The fraction of sp³-hybridized carbons (Fsp3) is 0.480. The van der Waals surface area contributed by atoms with Crippen LogP contribution >= 0.6 is 0 Å². The van der Waals surface area contributed by atoms with Crippen molar-refractivity contribution in [3.63, 3.8) is 0 Å². The molecule has 3 aliphatic rings. The number of H-pyrrole nitrogens is 1. The third-order valence-corrected chi connectivity index (χ3v) is 7.01. The molecule has 1 saturated heterocycles. The number of fused-ring (bicyclic) bond motifs is 1. The number of rotatable bonds is 5. The highest BCUT2D eigenvalue weighted by Gasteiger charge is 2.27. The molecule has 9 heteroatoms. The van der Waals surface area contributed by atoms with Crippen LogP contribution < -0.4 is 10.3 Å². The third kappa shape index (κ3) is 4.65. The SMILES string of the molecule is N#CCC(=O)N1CCN(c2cccc3[nH]c(C4C=CN=CN4N[C@H]4CCC[C@@H](O)C4)cc23)CC1. The number of aromatic nitrogens is 1. The Balaban J connectivity index is 1.34. The van der Waals surface area contributed by atoms with E-state index in [2.05, 4.69) is 50.6 Å². The van der Waals surface area contributed by atoms with Crippen LogP contribution in [0.5, 0.6) is 0 Å². The van der Waals surface area contributed by atoms with Crippen LogP contribution in [0.3, 0.4) is 0 Å². The summed E-state index contributed by atoms with van der Waals surface area (Å²) in [7, 11) is 0. The molecule has 2 fully saturated rings. The van der Waals surface area contributed by atoms with Crippen molar-refractivity contribution < 1.29 is 9.90 Å². The van der Waals surface area contributed by atoms with Crippen molar-refractivity contribution in [3.8, 4) is 6.07 Å². The first-order valence-electron chi connectivity index (χ1n) is 12.1. The highest BCUT2D eigenvalue weighted by Crippen LogP contribution is 2.33. The smallest absolute Gasteiger partial charge is 0.236 e. The van der Waals surface area contributed by atoms with Gasteiger partial charge in [-0.05, 0) is 50.0 Å². The van der Waals surface area contributed by atoms with Gasteiger partial charge in [0.1, 0.15) is 18.8 Å². The first-order valence-corrected chi connectivity index (χ1v) is 12.1. The second-order valence-corrected chi connectivity index (χ2v) is 9.27. The number of carbonyl (C=O) groups is 1. The van der Waals surface area contributed by atoms with Gasteiger partial charge >= 0.3 is 0 Å². The van der Waals surface area contributed by atoms with Crippen LogP contribution in [-0.2, 0) is 4.79 Å². The van der Waals surface area contributed by atoms with Crippen molar-refractivity contribution in [3.05, 3.63) is 42.2 Å². The summed E-state index contributed by atoms with van der Waals surface area (Å²) >= 11 is 0. The second-order valence-electron chi connectivity index (χ2n) is 9.27. The van der Waals surface area contributed by atoms with Gasteiger partial charge in [-0.3, -0.25) is 9.80 Å². The molecule has 3 atom stereocenters. The van der Waals surface area contributed by atoms with Crippen LogP contribution in [0.15, 0.2) is 41.5 Å². The zero-order valence-electron chi connectivity index (χ0n) is 19.2. The van der Waals surface area contributed by atoms with E-state index in [0.717, 1.165) is 61.1 Å². The number of nitrogens with one attached hydrogen (secondary N) is 2. The van der Waals surface area contributed by atoms with Crippen molar-refractivity contribution in [2.75, 3.05) is 31.1 Å². The Labute approximate surface area is 199 Å². The normalized spacial score (nSPS) is 25.1. The first kappa shape index (κ1) is 22.4. The molecule has 0 spiro atoms. The van der Waals surface area contributed by atoms with Crippen molar-refractivity contribution in [2.24, 2.45) is 4.99 Å². The highest BCUT2D eigenvalue weighted by atomic mass is 16.3. The Hall–Kier alpha value is -3.35. The average Bonchev–Trinajstić information content (AvgIpc) is 3.29. The molecule has 1 saturated carbocycles. The number of aliphatic imine (C=N–C) groups is 1. The van der Waals surface area contributed by atoms with Crippen LogP contribution in [0.2, 0.25) is 0 Å². The highest BCUT2D eigenvalue weighted by molar-refractivity contribution is 5.93. The number of nitrogens with zero attached hydrogens (tertiary/aromatic N) is 5. The Morgan fingerprint density at radius 3 is 2.91 bits per heavy atom. The average molecular weight is 462 g/mol. The number of aliphatic hydroxyl groups is 1. The summed E-state index contributed by atoms with van der Waals surface area (Å²) in [5.74, 6) is -0.0897. The zero-order chi connectivity index (χ0) is 23.5. The van der Waals surface area contributed by atoms with Crippen LogP contribution in [0.25, 0.3) is 10.9 Å². The number of hydrogen-bond acceptors (Lipinski definition) is 7. The summed E-state index contributed by atoms with van der Waals surface area (Å²) in [6, 6.07) is 10.6. The van der Waals surface area contributed by atoms with Crippen molar-refractivity contribution >= 4 is 28.8 Å². The summed E-state index contributed by atoms with van der Waals surface area (Å²) in [6.45, 7) is 2.73. The van der Waals surface area contributed by atoms with Gasteiger partial charge in [-0.15, -0.1) is 0 Å². The molecule has 3 heterocycles. The number of amides is 1. The topological polar surface area (TPSA) is 111 Å². The molecule has 9 nitrogen and oxygen atoms in total. The lowest BCUT2D eigenvalue weighted by Crippen LogP contribution is -2.48. The fourth-order valence-electron chi connectivity index (χ4n) is 5.24. The van der Waals surface area contributed by atoms with E-state index in [-0.39, 0.29) is 30.5 Å². The summed E-state index contributed by atoms with van der Waals surface area (Å²) < 4.78 is 0. The number of hydrogen-bond donors (Lipinski definition) is 3. The van der Waals surface area contributed by atoms with Gasteiger partial charge in [-0.25, -0.2) is 10.4 Å². The summed E-state index contributed by atoms with van der Waals surface area (Å²) in [4.78, 5) is 24.1. The molecule has 2 aliphatic heterocycles. The molecular formula is C25H31N7O2. The van der Waals surface area contributed by atoms with E-state index in [0.29, 0.717) is 13.1 Å². The second kappa shape index (κ2) is 9.87. The Morgan fingerprint density at radius 1 is 1.26 bits per heavy atom. The number of nitriles is 1. The van der Waals surface area contributed by atoms with Gasteiger partial charge in [0.2, 0.25) is 5.91 Å². The molecule has 0 bridgehead atoms. The summed E-state index contributed by atoms with van der Waals surface area (Å²) in [5, 5.41) is 22.1. The van der Waals surface area contributed by atoms with Crippen LogP contribution in [-0.4, -0.2) is 70.6 Å². The quantitative estimate of drug-likeness (QED) is 0.631. The molecule has 34 heavy (non-hydrogen) atoms. The van der Waals surface area contributed by atoms with Gasteiger partial charge in [0.05, 0.1) is 12.2 Å². The lowest BCUT2D eigenvalue weighted by atomic mass is 9.93. The van der Waals surface area contributed by atoms with Gasteiger partial charge in [0.15, 0.2) is 0 Å². The lowest BCUT2D eigenvalue weighted by molar-refractivity contribution is -0.130. The molecule has 3 N–H and O–H groups in total. The molecule has 5 rings (SSSR count). The number of carbonyl (C=O) groups excluding carboxylic acids is 1. The Kier molecular flexibility index (Phi) is 6.52. The first-order chi connectivity index (χ1) is 16.6. The molecular weight excluding hydrogens is 430 g/mol. The molecule has 178 valence electrons. The van der Waals surface area contributed by atoms with Crippen molar-refractivity contribution in [1.82, 2.24) is 20.3 Å². The molecule has 1 unspecified atom stereocenters. The Morgan fingerprint density at radius 2 is 2.12 bits per heavy atom.